The minimum Gasteiger partial charge on any atom is -0.437 e. The molecule has 1 atom stereocenters. The molecule has 3 aromatic rings. The SMILES string of the molecule is O=C1CC(C(=O)Nc2cccc(Oc3cnccn3)c2)c2ccccc2N1. The minimum atomic E-state index is -0.542. The van der Waals surface area contributed by atoms with Crippen molar-refractivity contribution in [3.05, 3.63) is 72.7 Å². The van der Waals surface area contributed by atoms with Gasteiger partial charge in [-0.05, 0) is 23.8 Å². The van der Waals surface area contributed by atoms with Crippen LogP contribution in [0.5, 0.6) is 11.6 Å². The molecule has 0 spiro atoms. The van der Waals surface area contributed by atoms with E-state index in [0.29, 0.717) is 23.0 Å². The average molecular weight is 360 g/mol. The first-order valence-electron chi connectivity index (χ1n) is 8.42. The molecule has 7 nitrogen and oxygen atoms in total. The summed E-state index contributed by atoms with van der Waals surface area (Å²) in [4.78, 5) is 32.7. The Morgan fingerprint density at radius 2 is 2.04 bits per heavy atom. The molecule has 0 bridgehead atoms. The second-order valence-corrected chi connectivity index (χ2v) is 6.05. The topological polar surface area (TPSA) is 93.2 Å². The van der Waals surface area contributed by atoms with E-state index >= 15 is 0 Å². The summed E-state index contributed by atoms with van der Waals surface area (Å²) in [7, 11) is 0. The highest BCUT2D eigenvalue weighted by Gasteiger charge is 2.30. The van der Waals surface area contributed by atoms with Crippen molar-refractivity contribution in [1.82, 2.24) is 9.97 Å². The zero-order chi connectivity index (χ0) is 18.6. The van der Waals surface area contributed by atoms with Gasteiger partial charge in [0.05, 0.1) is 12.1 Å². The largest absolute Gasteiger partial charge is 0.437 e. The molecule has 7 heteroatoms. The number of aromatic nitrogens is 2. The Labute approximate surface area is 155 Å². The highest BCUT2D eigenvalue weighted by molar-refractivity contribution is 6.05. The number of hydrogen-bond donors (Lipinski definition) is 2. The van der Waals surface area contributed by atoms with E-state index in [1.807, 2.05) is 18.2 Å². The van der Waals surface area contributed by atoms with Crippen molar-refractivity contribution in [2.45, 2.75) is 12.3 Å². The van der Waals surface area contributed by atoms with Gasteiger partial charge < -0.3 is 15.4 Å². The zero-order valence-corrected chi connectivity index (χ0v) is 14.3. The van der Waals surface area contributed by atoms with Crippen LogP contribution in [0.3, 0.4) is 0 Å². The summed E-state index contributed by atoms with van der Waals surface area (Å²) in [6.07, 6.45) is 4.70. The quantitative estimate of drug-likeness (QED) is 0.744. The number of carbonyl (C=O) groups excluding carboxylic acids is 2. The van der Waals surface area contributed by atoms with Crippen molar-refractivity contribution in [3.8, 4) is 11.6 Å². The number of nitrogens with one attached hydrogen (secondary N) is 2. The van der Waals surface area contributed by atoms with E-state index in [9.17, 15) is 9.59 Å². The molecule has 0 fully saturated rings. The Balaban J connectivity index is 1.52. The van der Waals surface area contributed by atoms with E-state index in [1.165, 1.54) is 12.4 Å². The van der Waals surface area contributed by atoms with Crippen molar-refractivity contribution in [1.29, 1.82) is 0 Å². The summed E-state index contributed by atoms with van der Waals surface area (Å²) < 4.78 is 5.63. The molecule has 0 aliphatic carbocycles. The predicted molar refractivity (Wildman–Crippen MR) is 99.6 cm³/mol. The highest BCUT2D eigenvalue weighted by Crippen LogP contribution is 2.33. The molecular formula is C20H16N4O3. The molecule has 1 aromatic heterocycles. The molecule has 1 unspecified atom stereocenters. The molecular weight excluding hydrogens is 344 g/mol. The first-order chi connectivity index (χ1) is 13.2. The third kappa shape index (κ3) is 3.77. The second kappa shape index (κ2) is 7.25. The highest BCUT2D eigenvalue weighted by atomic mass is 16.5. The van der Waals surface area contributed by atoms with Gasteiger partial charge in [-0.15, -0.1) is 0 Å². The summed E-state index contributed by atoms with van der Waals surface area (Å²) in [6, 6.07) is 14.3. The Morgan fingerprint density at radius 1 is 1.15 bits per heavy atom. The van der Waals surface area contributed by atoms with E-state index in [4.69, 9.17) is 4.74 Å². The Morgan fingerprint density at radius 3 is 2.89 bits per heavy atom. The lowest BCUT2D eigenvalue weighted by molar-refractivity contribution is -0.123. The molecule has 2 aromatic carbocycles. The van der Waals surface area contributed by atoms with Crippen molar-refractivity contribution in [2.24, 2.45) is 0 Å². The van der Waals surface area contributed by atoms with E-state index in [1.54, 1.807) is 36.5 Å². The summed E-state index contributed by atoms with van der Waals surface area (Å²) in [5.74, 6) is -0.0732. The Bertz CT molecular complexity index is 991. The Kier molecular flexibility index (Phi) is 4.49. The number of amides is 2. The first-order valence-corrected chi connectivity index (χ1v) is 8.42. The van der Waals surface area contributed by atoms with Gasteiger partial charge in [-0.3, -0.25) is 14.6 Å². The van der Waals surface area contributed by atoms with Crippen LogP contribution in [0.1, 0.15) is 17.9 Å². The van der Waals surface area contributed by atoms with Crippen molar-refractivity contribution >= 4 is 23.2 Å². The van der Waals surface area contributed by atoms with Crippen molar-refractivity contribution < 1.29 is 14.3 Å². The number of rotatable bonds is 4. The van der Waals surface area contributed by atoms with Crippen LogP contribution in [0.25, 0.3) is 0 Å². The van der Waals surface area contributed by atoms with E-state index in [-0.39, 0.29) is 18.2 Å². The van der Waals surface area contributed by atoms with Gasteiger partial charge >= 0.3 is 0 Å². The van der Waals surface area contributed by atoms with Gasteiger partial charge in [0.25, 0.3) is 0 Å². The lowest BCUT2D eigenvalue weighted by Gasteiger charge is -2.24. The number of ether oxygens (including phenoxy) is 1. The van der Waals surface area contributed by atoms with Crippen LogP contribution in [0.2, 0.25) is 0 Å². The van der Waals surface area contributed by atoms with Crippen molar-refractivity contribution in [2.75, 3.05) is 10.6 Å². The summed E-state index contributed by atoms with van der Waals surface area (Å²) in [5, 5.41) is 5.66. The number of para-hydroxylation sites is 1. The van der Waals surface area contributed by atoms with E-state index in [2.05, 4.69) is 20.6 Å². The third-order valence-electron chi connectivity index (χ3n) is 4.18. The number of nitrogens with zero attached hydrogens (tertiary/aromatic N) is 2. The van der Waals surface area contributed by atoms with Crippen molar-refractivity contribution in [3.63, 3.8) is 0 Å². The fraction of sp³-hybridized carbons (Fsp3) is 0.100. The summed E-state index contributed by atoms with van der Waals surface area (Å²) in [6.45, 7) is 0. The van der Waals surface area contributed by atoms with Gasteiger partial charge in [0.2, 0.25) is 17.7 Å². The minimum absolute atomic E-state index is 0.110. The molecule has 0 saturated carbocycles. The van der Waals surface area contributed by atoms with Crippen LogP contribution in [-0.4, -0.2) is 21.8 Å². The van der Waals surface area contributed by atoms with Gasteiger partial charge in [-0.25, -0.2) is 4.98 Å². The second-order valence-electron chi connectivity index (χ2n) is 6.05. The lowest BCUT2D eigenvalue weighted by Crippen LogP contribution is -2.30. The van der Waals surface area contributed by atoms with Crippen LogP contribution in [0, 0.1) is 0 Å². The molecule has 1 aliphatic heterocycles. The zero-order valence-electron chi connectivity index (χ0n) is 14.3. The molecule has 134 valence electrons. The van der Waals surface area contributed by atoms with Crippen LogP contribution in [0.15, 0.2) is 67.1 Å². The predicted octanol–water partition coefficient (Wildman–Crippen LogP) is 3.33. The van der Waals surface area contributed by atoms with E-state index < -0.39 is 5.92 Å². The van der Waals surface area contributed by atoms with Crippen LogP contribution >= 0.6 is 0 Å². The van der Waals surface area contributed by atoms with E-state index in [0.717, 1.165) is 5.56 Å². The maximum Gasteiger partial charge on any atom is 0.237 e. The smallest absolute Gasteiger partial charge is 0.237 e. The normalized spacial score (nSPS) is 15.4. The van der Waals surface area contributed by atoms with Gasteiger partial charge in [-0.1, -0.05) is 24.3 Å². The average Bonchev–Trinajstić information content (AvgIpc) is 2.68. The molecule has 2 heterocycles. The number of benzene rings is 2. The summed E-state index contributed by atoms with van der Waals surface area (Å²) in [5.41, 5.74) is 2.06. The lowest BCUT2D eigenvalue weighted by atomic mass is 9.90. The maximum atomic E-state index is 12.8. The maximum absolute atomic E-state index is 12.8. The fourth-order valence-electron chi connectivity index (χ4n) is 2.97. The van der Waals surface area contributed by atoms with Crippen LogP contribution in [0.4, 0.5) is 11.4 Å². The molecule has 2 amide bonds. The molecule has 0 saturated heterocycles. The molecule has 4 rings (SSSR count). The number of anilines is 2. The molecule has 0 radical (unpaired) electrons. The molecule has 27 heavy (non-hydrogen) atoms. The number of hydrogen-bond acceptors (Lipinski definition) is 5. The first kappa shape index (κ1) is 16.7. The van der Waals surface area contributed by atoms with Crippen LogP contribution in [-0.2, 0) is 9.59 Å². The number of fused-ring (bicyclic) bond motifs is 1. The standard InChI is InChI=1S/C20H16N4O3/c25-18-11-16(15-6-1-2-7-17(15)24-18)20(26)23-13-4-3-5-14(10-13)27-19-12-21-8-9-22-19/h1-10,12,16H,11H2,(H,23,26)(H,24,25). The Hall–Kier alpha value is -3.74. The third-order valence-corrected chi connectivity index (χ3v) is 4.18. The van der Waals surface area contributed by atoms with Crippen LogP contribution < -0.4 is 15.4 Å². The molecule has 2 N–H and O–H groups in total. The van der Waals surface area contributed by atoms with Gasteiger partial charge in [-0.2, -0.15) is 0 Å². The number of carbonyl (C=O) groups is 2. The molecule has 1 aliphatic rings. The van der Waals surface area contributed by atoms with Gasteiger partial charge in [0.15, 0.2) is 0 Å². The van der Waals surface area contributed by atoms with Gasteiger partial charge in [0.1, 0.15) is 5.75 Å². The monoisotopic (exact) mass is 360 g/mol. The fourth-order valence-corrected chi connectivity index (χ4v) is 2.97. The van der Waals surface area contributed by atoms with Gasteiger partial charge in [0, 0.05) is 36.3 Å². The summed E-state index contributed by atoms with van der Waals surface area (Å²) >= 11 is 0.